The average molecular weight is 410 g/mol. The monoisotopic (exact) mass is 409 g/mol. The summed E-state index contributed by atoms with van der Waals surface area (Å²) in [5.41, 5.74) is 4.99. The van der Waals surface area contributed by atoms with E-state index in [1.807, 2.05) is 50.2 Å². The molecule has 0 aromatic heterocycles. The van der Waals surface area contributed by atoms with Crippen molar-refractivity contribution in [1.82, 2.24) is 4.90 Å². The molecule has 0 bridgehead atoms. The van der Waals surface area contributed by atoms with Gasteiger partial charge in [0.15, 0.2) is 0 Å². The Labute approximate surface area is 178 Å². The number of carbonyl (C=O) groups excluding carboxylic acids is 1. The first-order chi connectivity index (χ1) is 14.3. The van der Waals surface area contributed by atoms with E-state index in [1.54, 1.807) is 0 Å². The number of β-amino-alcohol motifs (C(OH)–C–C–N with tert-alkyl or cyclic N) is 1. The van der Waals surface area contributed by atoms with Crippen molar-refractivity contribution in [3.63, 3.8) is 0 Å². The molecule has 2 unspecified atom stereocenters. The number of morpholine rings is 1. The lowest BCUT2D eigenvalue weighted by Gasteiger charge is -2.42. The minimum atomic E-state index is -1.28. The summed E-state index contributed by atoms with van der Waals surface area (Å²) in [6.45, 7) is 7.81. The highest BCUT2D eigenvalue weighted by molar-refractivity contribution is 5.90. The van der Waals surface area contributed by atoms with Gasteiger partial charge in [0.25, 0.3) is 0 Å². The van der Waals surface area contributed by atoms with Crippen LogP contribution in [0.15, 0.2) is 54.6 Å². The molecule has 30 heavy (non-hydrogen) atoms. The van der Waals surface area contributed by atoms with Gasteiger partial charge in [0.1, 0.15) is 0 Å². The summed E-state index contributed by atoms with van der Waals surface area (Å²) in [7, 11) is 1.38. The van der Waals surface area contributed by atoms with Crippen LogP contribution in [0.5, 0.6) is 0 Å². The van der Waals surface area contributed by atoms with Crippen LogP contribution in [0.4, 0.5) is 0 Å². The molecule has 0 saturated carbocycles. The summed E-state index contributed by atoms with van der Waals surface area (Å²) in [5.74, 6) is -1.63. The maximum absolute atomic E-state index is 11.4. The zero-order chi connectivity index (χ0) is 21.7. The smallest absolute Gasteiger partial charge is 0.330 e. The number of methoxy groups -OCH3 is 1. The van der Waals surface area contributed by atoms with Gasteiger partial charge in [-0.3, -0.25) is 4.90 Å². The first-order valence-electron chi connectivity index (χ1n) is 10.3. The first kappa shape index (κ1) is 22.2. The third kappa shape index (κ3) is 5.36. The van der Waals surface area contributed by atoms with Crippen LogP contribution in [0.3, 0.4) is 0 Å². The molecular weight excluding hydrogens is 378 g/mol. The number of allylic oxidation sites excluding steroid dienone is 1. The summed E-state index contributed by atoms with van der Waals surface area (Å²) in [6.07, 6.45) is 2.36. The fraction of sp³-hybridized carbons (Fsp3) is 0.400. The number of carbonyl (C=O) groups is 1. The summed E-state index contributed by atoms with van der Waals surface area (Å²) < 4.78 is 10.5. The van der Waals surface area contributed by atoms with Crippen LogP contribution < -0.4 is 0 Å². The van der Waals surface area contributed by atoms with Gasteiger partial charge in [-0.1, -0.05) is 54.1 Å². The normalized spacial score (nSPS) is 21.3. The lowest BCUT2D eigenvalue weighted by atomic mass is 9.98. The molecule has 5 nitrogen and oxygen atoms in total. The Balaban J connectivity index is 1.66. The van der Waals surface area contributed by atoms with Gasteiger partial charge in [-0.05, 0) is 43.9 Å². The highest BCUT2D eigenvalue weighted by Gasteiger charge is 2.37. The molecule has 1 saturated heterocycles. The molecule has 5 heteroatoms. The number of hydrogen-bond donors (Lipinski definition) is 1. The number of ether oxygens (including phenoxy) is 2. The topological polar surface area (TPSA) is 59.0 Å². The van der Waals surface area contributed by atoms with Crippen LogP contribution in [0, 0.1) is 6.92 Å². The molecule has 0 amide bonds. The van der Waals surface area contributed by atoms with Crippen LogP contribution >= 0.6 is 0 Å². The van der Waals surface area contributed by atoms with E-state index < -0.39 is 5.79 Å². The first-order valence-corrected chi connectivity index (χ1v) is 10.3. The van der Waals surface area contributed by atoms with Gasteiger partial charge in [-0.15, -0.1) is 0 Å². The van der Waals surface area contributed by atoms with Crippen molar-refractivity contribution in [2.75, 3.05) is 26.8 Å². The van der Waals surface area contributed by atoms with Gasteiger partial charge in [0, 0.05) is 24.2 Å². The summed E-state index contributed by atoms with van der Waals surface area (Å²) in [4.78, 5) is 13.7. The molecule has 160 valence electrons. The van der Waals surface area contributed by atoms with Crippen molar-refractivity contribution in [2.45, 2.75) is 39.0 Å². The van der Waals surface area contributed by atoms with Gasteiger partial charge in [0.2, 0.25) is 5.79 Å². The molecule has 1 aliphatic heterocycles. The third-order valence-corrected chi connectivity index (χ3v) is 5.71. The number of hydrogen-bond acceptors (Lipinski definition) is 5. The summed E-state index contributed by atoms with van der Waals surface area (Å²) >= 11 is 0. The maximum atomic E-state index is 11.4. The number of esters is 1. The van der Waals surface area contributed by atoms with E-state index in [2.05, 4.69) is 28.7 Å². The molecular formula is C25H31NO4. The van der Waals surface area contributed by atoms with E-state index in [-0.39, 0.29) is 12.0 Å². The number of rotatable bonds is 6. The van der Waals surface area contributed by atoms with Gasteiger partial charge < -0.3 is 14.6 Å². The van der Waals surface area contributed by atoms with E-state index in [0.29, 0.717) is 13.2 Å². The zero-order valence-electron chi connectivity index (χ0n) is 18.2. The van der Waals surface area contributed by atoms with Gasteiger partial charge in [-0.2, -0.15) is 0 Å². The Morgan fingerprint density at radius 2 is 2.03 bits per heavy atom. The Hall–Kier alpha value is -2.47. The number of nitrogens with zero attached hydrogens (tertiary/aromatic N) is 1. The number of aliphatic hydroxyl groups is 1. The Morgan fingerprint density at radius 1 is 1.30 bits per heavy atom. The maximum Gasteiger partial charge on any atom is 0.330 e. The zero-order valence-corrected chi connectivity index (χ0v) is 18.2. The van der Waals surface area contributed by atoms with Crippen molar-refractivity contribution in [3.05, 3.63) is 76.9 Å². The number of aryl methyl sites for hydroxylation is 1. The van der Waals surface area contributed by atoms with Gasteiger partial charge >= 0.3 is 5.97 Å². The van der Waals surface area contributed by atoms with E-state index in [9.17, 15) is 9.90 Å². The third-order valence-electron chi connectivity index (χ3n) is 5.71. The lowest BCUT2D eigenvalue weighted by molar-refractivity contribution is -0.251. The van der Waals surface area contributed by atoms with E-state index in [1.165, 1.54) is 18.7 Å². The van der Waals surface area contributed by atoms with Gasteiger partial charge in [-0.25, -0.2) is 4.79 Å². The predicted octanol–water partition coefficient (Wildman–Crippen LogP) is 3.68. The largest absolute Gasteiger partial charge is 0.466 e. The highest BCUT2D eigenvalue weighted by Crippen LogP contribution is 2.29. The van der Waals surface area contributed by atoms with Crippen LogP contribution in [-0.4, -0.2) is 48.8 Å². The molecule has 0 spiro atoms. The van der Waals surface area contributed by atoms with Gasteiger partial charge in [0.05, 0.1) is 20.3 Å². The van der Waals surface area contributed by atoms with E-state index in [4.69, 9.17) is 4.74 Å². The molecule has 1 fully saturated rings. The fourth-order valence-electron chi connectivity index (χ4n) is 3.86. The van der Waals surface area contributed by atoms with Crippen molar-refractivity contribution in [2.24, 2.45) is 0 Å². The molecule has 1 N–H and O–H groups in total. The fourth-order valence-corrected chi connectivity index (χ4v) is 3.86. The quantitative estimate of drug-likeness (QED) is 0.583. The molecule has 2 aromatic carbocycles. The highest BCUT2D eigenvalue weighted by atomic mass is 16.6. The molecule has 1 aliphatic rings. The Kier molecular flexibility index (Phi) is 7.08. The van der Waals surface area contributed by atoms with Crippen LogP contribution in [0.2, 0.25) is 0 Å². The molecule has 0 aliphatic carbocycles. The Bertz CT molecular complexity index is 906. The van der Waals surface area contributed by atoms with Crippen molar-refractivity contribution < 1.29 is 19.4 Å². The van der Waals surface area contributed by atoms with E-state index in [0.717, 1.165) is 35.2 Å². The number of benzene rings is 2. The molecule has 1 heterocycles. The second-order valence-electron chi connectivity index (χ2n) is 8.07. The summed E-state index contributed by atoms with van der Waals surface area (Å²) in [5, 5.41) is 11.1. The second-order valence-corrected chi connectivity index (χ2v) is 8.07. The average Bonchev–Trinajstić information content (AvgIpc) is 2.74. The minimum Gasteiger partial charge on any atom is -0.466 e. The summed E-state index contributed by atoms with van der Waals surface area (Å²) in [6, 6.07) is 16.4. The van der Waals surface area contributed by atoms with Crippen molar-refractivity contribution in [3.8, 4) is 0 Å². The SMILES string of the molecule is COC(=O)/C=C(\C)c1ccc(CC(C)N2CCOC(O)(c3cccc(C)c3)C2)cc1. The van der Waals surface area contributed by atoms with Crippen LogP contribution in [0.25, 0.3) is 5.57 Å². The Morgan fingerprint density at radius 3 is 2.70 bits per heavy atom. The standard InChI is InChI=1S/C25H31NO4/c1-18-6-5-7-23(14-18)25(28)17-26(12-13-30-25)20(3)16-21-8-10-22(11-9-21)19(2)15-24(27)29-4/h5-11,14-15,20,28H,12-13,16-17H2,1-4H3/b19-15+. The van der Waals surface area contributed by atoms with Crippen molar-refractivity contribution >= 4 is 11.5 Å². The molecule has 2 aromatic rings. The second kappa shape index (κ2) is 9.56. The van der Waals surface area contributed by atoms with E-state index >= 15 is 0 Å². The van der Waals surface area contributed by atoms with Crippen LogP contribution in [0.1, 0.15) is 36.1 Å². The molecule has 3 rings (SSSR count). The van der Waals surface area contributed by atoms with Crippen LogP contribution in [-0.2, 0) is 26.5 Å². The minimum absolute atomic E-state index is 0.253. The predicted molar refractivity (Wildman–Crippen MR) is 118 cm³/mol. The lowest BCUT2D eigenvalue weighted by Crippen LogP contribution is -2.53. The molecule has 0 radical (unpaired) electrons. The van der Waals surface area contributed by atoms with Crippen molar-refractivity contribution in [1.29, 1.82) is 0 Å². The molecule has 2 atom stereocenters.